The fraction of sp³-hybridized carbons (Fsp3) is 0.435. The first kappa shape index (κ1) is 22.0. The first-order valence-corrected chi connectivity index (χ1v) is 11.2. The summed E-state index contributed by atoms with van der Waals surface area (Å²) in [6, 6.07) is 7.03. The minimum Gasteiger partial charge on any atom is -0.491 e. The van der Waals surface area contributed by atoms with Gasteiger partial charge in [0.15, 0.2) is 0 Å². The van der Waals surface area contributed by atoms with Gasteiger partial charge in [0.25, 0.3) is 11.8 Å². The van der Waals surface area contributed by atoms with Gasteiger partial charge in [-0.25, -0.2) is 5.43 Å². The molecule has 0 aliphatic heterocycles. The summed E-state index contributed by atoms with van der Waals surface area (Å²) in [6.07, 6.45) is 5.16. The quantitative estimate of drug-likeness (QED) is 0.379. The van der Waals surface area contributed by atoms with Gasteiger partial charge in [0.2, 0.25) is 0 Å². The number of amides is 2. The maximum Gasteiger partial charge on any atom is 0.274 e. The number of ether oxygens (including phenoxy) is 1. The Hall–Kier alpha value is -2.67. The Kier molecular flexibility index (Phi) is 7.26. The second kappa shape index (κ2) is 9.89. The number of fused-ring (bicyclic) bond motifs is 1. The van der Waals surface area contributed by atoms with Gasteiger partial charge in [-0.2, -0.15) is 5.10 Å². The van der Waals surface area contributed by atoms with Crippen LogP contribution < -0.4 is 15.5 Å². The monoisotopic (exact) mass is 427 g/mol. The predicted octanol–water partition coefficient (Wildman–Crippen LogP) is 5.18. The highest BCUT2D eigenvalue weighted by molar-refractivity contribution is 7.17. The summed E-state index contributed by atoms with van der Waals surface area (Å²) < 4.78 is 5.64. The zero-order valence-corrected chi connectivity index (χ0v) is 18.8. The minimum atomic E-state index is -0.272. The molecule has 0 saturated carbocycles. The molecule has 2 aromatic rings. The van der Waals surface area contributed by atoms with Gasteiger partial charge in [-0.05, 0) is 83.2 Å². The van der Waals surface area contributed by atoms with E-state index >= 15 is 0 Å². The minimum absolute atomic E-state index is 0.0710. The Morgan fingerprint density at radius 3 is 2.40 bits per heavy atom. The van der Waals surface area contributed by atoms with Crippen LogP contribution in [0.5, 0.6) is 5.75 Å². The van der Waals surface area contributed by atoms with E-state index in [-0.39, 0.29) is 17.9 Å². The van der Waals surface area contributed by atoms with Crippen LogP contribution in [0.3, 0.4) is 0 Å². The van der Waals surface area contributed by atoms with Gasteiger partial charge in [-0.1, -0.05) is 6.42 Å². The highest BCUT2D eigenvalue weighted by Crippen LogP contribution is 2.37. The highest BCUT2D eigenvalue weighted by Gasteiger charge is 2.26. The zero-order valence-electron chi connectivity index (χ0n) is 18.0. The van der Waals surface area contributed by atoms with E-state index in [1.807, 2.05) is 27.7 Å². The van der Waals surface area contributed by atoms with Crippen LogP contribution in [0.4, 0.5) is 5.00 Å². The number of benzene rings is 1. The van der Waals surface area contributed by atoms with Crippen molar-refractivity contribution in [3.05, 3.63) is 45.8 Å². The lowest BCUT2D eigenvalue weighted by Crippen LogP contribution is -2.22. The number of thiophene rings is 1. The van der Waals surface area contributed by atoms with Gasteiger partial charge in [0.05, 0.1) is 11.7 Å². The van der Waals surface area contributed by atoms with Crippen molar-refractivity contribution in [1.82, 2.24) is 5.43 Å². The molecule has 7 heteroatoms. The first-order chi connectivity index (χ1) is 14.3. The molecule has 1 heterocycles. The molecule has 0 fully saturated rings. The average Bonchev–Trinajstić information content (AvgIpc) is 2.87. The van der Waals surface area contributed by atoms with Crippen LogP contribution in [0.2, 0.25) is 0 Å². The Morgan fingerprint density at radius 1 is 1.03 bits per heavy atom. The average molecular weight is 428 g/mol. The van der Waals surface area contributed by atoms with Crippen LogP contribution in [-0.2, 0) is 12.8 Å². The normalized spacial score (nSPS) is 13.2. The van der Waals surface area contributed by atoms with Crippen molar-refractivity contribution < 1.29 is 14.3 Å². The van der Waals surface area contributed by atoms with Gasteiger partial charge in [-0.3, -0.25) is 9.59 Å². The number of hydrazone groups is 1. The predicted molar refractivity (Wildman–Crippen MR) is 122 cm³/mol. The zero-order chi connectivity index (χ0) is 21.7. The number of carbonyl (C=O) groups is 2. The molecule has 0 saturated heterocycles. The molecule has 0 radical (unpaired) electrons. The van der Waals surface area contributed by atoms with Gasteiger partial charge in [-0.15, -0.1) is 11.3 Å². The van der Waals surface area contributed by atoms with Crippen molar-refractivity contribution in [2.75, 3.05) is 5.32 Å². The maximum atomic E-state index is 12.9. The van der Waals surface area contributed by atoms with Gasteiger partial charge in [0, 0.05) is 16.2 Å². The van der Waals surface area contributed by atoms with Crippen molar-refractivity contribution in [2.24, 2.45) is 5.10 Å². The number of carbonyl (C=O) groups excluding carboxylic acids is 2. The van der Waals surface area contributed by atoms with Gasteiger partial charge >= 0.3 is 0 Å². The number of nitrogens with one attached hydrogen (secondary N) is 2. The van der Waals surface area contributed by atoms with E-state index in [9.17, 15) is 9.59 Å². The summed E-state index contributed by atoms with van der Waals surface area (Å²) in [4.78, 5) is 27.0. The standard InChI is InChI=1S/C23H29N3O3S/c1-14(2)25-26-22(28)20-18-8-6-5-7-9-19(18)30-23(20)24-21(27)16-10-12-17(13-11-16)29-15(3)4/h10-13,15H,5-9H2,1-4H3,(H,24,27)(H,26,28). The smallest absolute Gasteiger partial charge is 0.274 e. The maximum absolute atomic E-state index is 12.9. The van der Waals surface area contributed by atoms with Crippen molar-refractivity contribution >= 4 is 33.9 Å². The Morgan fingerprint density at radius 2 is 1.73 bits per heavy atom. The van der Waals surface area contributed by atoms with E-state index in [1.165, 1.54) is 16.2 Å². The molecule has 0 spiro atoms. The number of hydrogen-bond acceptors (Lipinski definition) is 5. The van der Waals surface area contributed by atoms with Crippen molar-refractivity contribution in [3.63, 3.8) is 0 Å². The molecule has 1 aromatic heterocycles. The summed E-state index contributed by atoms with van der Waals surface area (Å²) in [5.74, 6) is 0.204. The molecule has 2 N–H and O–H groups in total. The lowest BCUT2D eigenvalue weighted by Gasteiger charge is -2.11. The summed E-state index contributed by atoms with van der Waals surface area (Å²) in [7, 11) is 0. The molecule has 6 nitrogen and oxygen atoms in total. The lowest BCUT2D eigenvalue weighted by atomic mass is 10.0. The summed E-state index contributed by atoms with van der Waals surface area (Å²) in [5.41, 5.74) is 5.50. The molecule has 2 amide bonds. The summed E-state index contributed by atoms with van der Waals surface area (Å²) in [5, 5.41) is 7.62. The molecule has 1 aromatic carbocycles. The van der Waals surface area contributed by atoms with E-state index in [4.69, 9.17) is 4.74 Å². The molecule has 30 heavy (non-hydrogen) atoms. The summed E-state index contributed by atoms with van der Waals surface area (Å²) in [6.45, 7) is 7.56. The molecule has 3 rings (SSSR count). The highest BCUT2D eigenvalue weighted by atomic mass is 32.1. The van der Waals surface area contributed by atoms with Gasteiger partial charge < -0.3 is 10.1 Å². The number of hydrogen-bond donors (Lipinski definition) is 2. The molecule has 0 atom stereocenters. The third kappa shape index (κ3) is 5.48. The van der Waals surface area contributed by atoms with Crippen LogP contribution in [0.25, 0.3) is 0 Å². The van der Waals surface area contributed by atoms with Crippen LogP contribution in [0.1, 0.15) is 78.1 Å². The molecular formula is C23H29N3O3S. The Balaban J connectivity index is 1.86. The fourth-order valence-electron chi connectivity index (χ4n) is 3.42. The van der Waals surface area contributed by atoms with Crippen molar-refractivity contribution in [2.45, 2.75) is 65.9 Å². The van der Waals surface area contributed by atoms with E-state index < -0.39 is 0 Å². The third-order valence-electron chi connectivity index (χ3n) is 4.74. The molecule has 160 valence electrons. The summed E-state index contributed by atoms with van der Waals surface area (Å²) >= 11 is 1.51. The van der Waals surface area contributed by atoms with E-state index in [2.05, 4.69) is 15.8 Å². The van der Waals surface area contributed by atoms with E-state index in [0.717, 1.165) is 49.1 Å². The third-order valence-corrected chi connectivity index (χ3v) is 5.95. The largest absolute Gasteiger partial charge is 0.491 e. The Labute approximate surface area is 181 Å². The number of rotatable bonds is 6. The SMILES string of the molecule is CC(C)=NNC(=O)c1c(NC(=O)c2ccc(OC(C)C)cc2)sc2c1CCCCC2. The lowest BCUT2D eigenvalue weighted by molar-refractivity contribution is 0.0955. The number of anilines is 1. The molecular weight excluding hydrogens is 398 g/mol. The molecule has 0 unspecified atom stereocenters. The number of aryl methyl sites for hydroxylation is 1. The van der Waals surface area contributed by atoms with Crippen LogP contribution in [0, 0.1) is 0 Å². The Bertz CT molecular complexity index is 941. The van der Waals surface area contributed by atoms with Crippen LogP contribution in [-0.4, -0.2) is 23.6 Å². The van der Waals surface area contributed by atoms with Gasteiger partial charge in [0.1, 0.15) is 10.8 Å². The second-order valence-electron chi connectivity index (χ2n) is 7.91. The van der Waals surface area contributed by atoms with Crippen molar-refractivity contribution in [1.29, 1.82) is 0 Å². The first-order valence-electron chi connectivity index (χ1n) is 10.4. The molecule has 1 aliphatic rings. The fourth-order valence-corrected chi connectivity index (χ4v) is 4.70. The van der Waals surface area contributed by atoms with Crippen molar-refractivity contribution in [3.8, 4) is 5.75 Å². The topological polar surface area (TPSA) is 79.8 Å². The number of nitrogens with zero attached hydrogens (tertiary/aromatic N) is 1. The van der Waals surface area contributed by atoms with Crippen LogP contribution in [0.15, 0.2) is 29.4 Å². The van der Waals surface area contributed by atoms with Crippen LogP contribution >= 0.6 is 11.3 Å². The van der Waals surface area contributed by atoms with E-state index in [0.29, 0.717) is 16.1 Å². The molecule has 0 bridgehead atoms. The molecule has 1 aliphatic carbocycles. The second-order valence-corrected chi connectivity index (χ2v) is 9.02. The van der Waals surface area contributed by atoms with E-state index in [1.54, 1.807) is 24.3 Å².